The number of fused-ring (bicyclic) bond motifs is 3. The van der Waals surface area contributed by atoms with Gasteiger partial charge in [-0.05, 0) is 90.3 Å². The Bertz CT molecular complexity index is 1140. The SMILES string of the molecule is C=C1[C@@H](O)CC[C@@]2(C)C[C@H](O[Si](CC)(CC)C(C)C)C3=C(C)C[C@H](O)[C@@H]([C@@H](C(=O)SOc4ccccc4)[C@H]12)C3(C)C. The zero-order chi connectivity index (χ0) is 30.3. The molecule has 0 aliphatic heterocycles. The number of carbonyl (C=O) groups excluding carboxylic acids is 1. The van der Waals surface area contributed by atoms with E-state index in [9.17, 15) is 15.0 Å². The first-order valence-electron chi connectivity index (χ1n) is 15.6. The van der Waals surface area contributed by atoms with Crippen LogP contribution in [-0.4, -0.2) is 42.0 Å². The Morgan fingerprint density at radius 2 is 1.78 bits per heavy atom. The topological polar surface area (TPSA) is 76.0 Å². The average molecular weight is 601 g/mol. The van der Waals surface area contributed by atoms with Crippen molar-refractivity contribution in [3.05, 3.63) is 53.6 Å². The molecule has 0 radical (unpaired) electrons. The summed E-state index contributed by atoms with van der Waals surface area (Å²) in [4.78, 5) is 14.4. The standard InChI is InChI=1S/C34H52O5SSi/c1-10-41(11-2,21(3)4)39-27-20-34(9)18-17-25(35)23(6)30(34)28(32(37)40-38-24-15-13-12-14-16-24)31-26(36)19-22(5)29(27)33(31,7)8/h12-16,21,25-28,30-31,35-36H,6,10-11,17-20H2,1-5,7-9H3/t25-,26-,27-,28-,30-,31-,34-/m0/s1. The van der Waals surface area contributed by atoms with E-state index >= 15 is 0 Å². The highest BCUT2D eigenvalue weighted by atomic mass is 32.2. The first-order valence-corrected chi connectivity index (χ1v) is 18.7. The van der Waals surface area contributed by atoms with E-state index < -0.39 is 31.9 Å². The minimum atomic E-state index is -2.08. The lowest BCUT2D eigenvalue weighted by Gasteiger charge is -2.59. The first kappa shape index (κ1) is 32.5. The van der Waals surface area contributed by atoms with Crippen molar-refractivity contribution in [3.63, 3.8) is 0 Å². The summed E-state index contributed by atoms with van der Waals surface area (Å²) >= 11 is 0.867. The van der Waals surface area contributed by atoms with Gasteiger partial charge in [0.25, 0.3) is 0 Å². The van der Waals surface area contributed by atoms with Gasteiger partial charge in [-0.25, -0.2) is 0 Å². The zero-order valence-electron chi connectivity index (χ0n) is 26.4. The molecule has 41 heavy (non-hydrogen) atoms. The molecule has 2 N–H and O–H groups in total. The zero-order valence-corrected chi connectivity index (χ0v) is 28.2. The molecule has 0 spiro atoms. The molecule has 3 aliphatic rings. The summed E-state index contributed by atoms with van der Waals surface area (Å²) in [6.45, 7) is 22.4. The van der Waals surface area contributed by atoms with Crippen molar-refractivity contribution < 1.29 is 23.6 Å². The molecule has 7 heteroatoms. The van der Waals surface area contributed by atoms with Crippen molar-refractivity contribution >= 4 is 25.5 Å². The van der Waals surface area contributed by atoms with Crippen molar-refractivity contribution in [3.8, 4) is 5.75 Å². The Hall–Kier alpha value is -1.38. The van der Waals surface area contributed by atoms with Gasteiger partial charge in [0.1, 0.15) is 17.8 Å². The van der Waals surface area contributed by atoms with Crippen LogP contribution in [-0.2, 0) is 9.22 Å². The van der Waals surface area contributed by atoms with Gasteiger partial charge in [0.15, 0.2) is 8.32 Å². The number of hydrogen-bond donors (Lipinski definition) is 2. The monoisotopic (exact) mass is 600 g/mol. The molecular weight excluding hydrogens is 549 g/mol. The summed E-state index contributed by atoms with van der Waals surface area (Å²) < 4.78 is 13.4. The van der Waals surface area contributed by atoms with Crippen LogP contribution < -0.4 is 4.18 Å². The predicted molar refractivity (Wildman–Crippen MR) is 171 cm³/mol. The first-order chi connectivity index (χ1) is 19.2. The Balaban J connectivity index is 1.87. The van der Waals surface area contributed by atoms with E-state index in [4.69, 9.17) is 8.61 Å². The quantitative estimate of drug-likeness (QED) is 0.178. The van der Waals surface area contributed by atoms with Crippen LogP contribution in [0.25, 0.3) is 0 Å². The fourth-order valence-electron chi connectivity index (χ4n) is 8.88. The largest absolute Gasteiger partial charge is 0.418 e. The number of hydrogen-bond acceptors (Lipinski definition) is 6. The van der Waals surface area contributed by atoms with E-state index in [1.54, 1.807) is 0 Å². The molecular formula is C34H52O5SSi. The van der Waals surface area contributed by atoms with Gasteiger partial charge in [0, 0.05) is 11.8 Å². The summed E-state index contributed by atoms with van der Waals surface area (Å²) in [5.41, 5.74) is 2.83. The fraction of sp³-hybridized carbons (Fsp3) is 0.676. The lowest BCUT2D eigenvalue weighted by Crippen LogP contribution is -2.59. The highest BCUT2D eigenvalue weighted by Crippen LogP contribution is 2.62. The maximum atomic E-state index is 14.4. The van der Waals surface area contributed by atoms with Gasteiger partial charge < -0.3 is 18.8 Å². The molecule has 4 rings (SSSR count). The minimum absolute atomic E-state index is 0.0891. The second-order valence-corrected chi connectivity index (χ2v) is 19.7. The van der Waals surface area contributed by atoms with Crippen LogP contribution in [0, 0.1) is 28.6 Å². The average Bonchev–Trinajstić information content (AvgIpc) is 2.91. The maximum Gasteiger partial charge on any atom is 0.232 e. The molecule has 0 aromatic heterocycles. The van der Waals surface area contributed by atoms with Gasteiger partial charge in [0.05, 0.1) is 18.3 Å². The normalized spacial score (nSPS) is 33.7. The number of aliphatic hydroxyl groups excluding tert-OH is 2. The van der Waals surface area contributed by atoms with Crippen LogP contribution >= 0.6 is 12.0 Å². The summed E-state index contributed by atoms with van der Waals surface area (Å²) in [7, 11) is -2.08. The lowest BCUT2D eigenvalue weighted by atomic mass is 9.47. The van der Waals surface area contributed by atoms with Crippen molar-refractivity contribution in [2.45, 2.75) is 117 Å². The van der Waals surface area contributed by atoms with Gasteiger partial charge in [-0.1, -0.05) is 78.8 Å². The molecule has 7 atom stereocenters. The van der Waals surface area contributed by atoms with Gasteiger partial charge in [0.2, 0.25) is 5.12 Å². The Kier molecular flexibility index (Phi) is 9.77. The van der Waals surface area contributed by atoms with Crippen LogP contribution in [0.4, 0.5) is 0 Å². The third kappa shape index (κ3) is 5.91. The fourth-order valence-corrected chi connectivity index (χ4v) is 13.1. The van der Waals surface area contributed by atoms with Gasteiger partial charge in [-0.3, -0.25) is 4.79 Å². The lowest BCUT2D eigenvalue weighted by molar-refractivity contribution is -0.133. The van der Waals surface area contributed by atoms with E-state index in [2.05, 4.69) is 62.0 Å². The Morgan fingerprint density at radius 1 is 1.15 bits per heavy atom. The molecule has 0 heterocycles. The molecule has 0 unspecified atom stereocenters. The second-order valence-electron chi connectivity index (χ2n) is 14.0. The van der Waals surface area contributed by atoms with E-state index in [-0.39, 0.29) is 28.5 Å². The molecule has 1 aromatic rings. The minimum Gasteiger partial charge on any atom is -0.418 e. The number of benzene rings is 1. The Morgan fingerprint density at radius 3 is 2.37 bits per heavy atom. The van der Waals surface area contributed by atoms with E-state index in [0.717, 1.165) is 37.0 Å². The third-order valence-electron chi connectivity index (χ3n) is 11.1. The van der Waals surface area contributed by atoms with Crippen LogP contribution in [0.15, 0.2) is 53.6 Å². The summed E-state index contributed by atoms with van der Waals surface area (Å²) in [6, 6.07) is 11.5. The van der Waals surface area contributed by atoms with E-state index in [1.807, 2.05) is 30.3 Å². The molecule has 1 aromatic carbocycles. The van der Waals surface area contributed by atoms with Crippen LogP contribution in [0.1, 0.15) is 81.1 Å². The summed E-state index contributed by atoms with van der Waals surface area (Å²) in [5.74, 6) is -0.607. The smallest absolute Gasteiger partial charge is 0.232 e. The van der Waals surface area contributed by atoms with Crippen molar-refractivity contribution in [2.24, 2.45) is 28.6 Å². The highest BCUT2D eigenvalue weighted by Gasteiger charge is 2.61. The molecule has 2 bridgehead atoms. The maximum absolute atomic E-state index is 14.4. The molecule has 0 saturated heterocycles. The van der Waals surface area contributed by atoms with Gasteiger partial charge in [-0.2, -0.15) is 0 Å². The Labute approximate surface area is 253 Å². The number of carbonyl (C=O) groups is 1. The molecule has 2 fully saturated rings. The molecule has 0 amide bonds. The summed E-state index contributed by atoms with van der Waals surface area (Å²) in [6.07, 6.45) is 1.24. The number of aliphatic hydroxyl groups is 2. The summed E-state index contributed by atoms with van der Waals surface area (Å²) in [5, 5.41) is 22.8. The van der Waals surface area contributed by atoms with Gasteiger partial charge in [-0.15, -0.1) is 0 Å². The van der Waals surface area contributed by atoms with Crippen LogP contribution in [0.2, 0.25) is 17.6 Å². The van der Waals surface area contributed by atoms with E-state index in [0.29, 0.717) is 29.7 Å². The van der Waals surface area contributed by atoms with Crippen LogP contribution in [0.5, 0.6) is 5.75 Å². The second kappa shape index (κ2) is 12.3. The predicted octanol–water partition coefficient (Wildman–Crippen LogP) is 8.10. The molecule has 2 saturated carbocycles. The van der Waals surface area contributed by atoms with E-state index in [1.165, 1.54) is 11.1 Å². The molecule has 3 aliphatic carbocycles. The van der Waals surface area contributed by atoms with Crippen LogP contribution in [0.3, 0.4) is 0 Å². The van der Waals surface area contributed by atoms with Crippen molar-refractivity contribution in [1.29, 1.82) is 0 Å². The number of para-hydroxylation sites is 1. The third-order valence-corrected chi connectivity index (χ3v) is 17.0. The van der Waals surface area contributed by atoms with Crippen molar-refractivity contribution in [2.75, 3.05) is 0 Å². The molecule has 228 valence electrons. The highest BCUT2D eigenvalue weighted by molar-refractivity contribution is 8.09. The van der Waals surface area contributed by atoms with Crippen molar-refractivity contribution in [1.82, 2.24) is 0 Å². The molecule has 5 nitrogen and oxygen atoms in total. The number of rotatable bonds is 8. The van der Waals surface area contributed by atoms with Gasteiger partial charge >= 0.3 is 0 Å².